The fraction of sp³-hybridized carbons (Fsp3) is 0.500. The molecular weight excluding hydrogens is 282 g/mol. The summed E-state index contributed by atoms with van der Waals surface area (Å²) in [6.07, 6.45) is 2.13. The lowest BCUT2D eigenvalue weighted by atomic mass is 10.2. The zero-order chi connectivity index (χ0) is 15.2. The Bertz CT molecular complexity index is 603. The first-order valence-corrected chi connectivity index (χ1v) is 8.33. The summed E-state index contributed by atoms with van der Waals surface area (Å²) < 4.78 is 1.12. The number of carbonyl (C=O) groups is 1. The summed E-state index contributed by atoms with van der Waals surface area (Å²) in [6.45, 7) is 8.69. The van der Waals surface area contributed by atoms with Gasteiger partial charge in [-0.3, -0.25) is 9.69 Å². The highest BCUT2D eigenvalue weighted by Gasteiger charge is 2.11. The number of benzene rings is 1. The molecule has 0 unspecified atom stereocenters. The molecule has 0 bridgehead atoms. The number of fused-ring (bicyclic) bond motifs is 1. The SMILES string of the molecule is CCCN(CCC)CC(=O)Nc1nc2ccc(C)cc2s1. The van der Waals surface area contributed by atoms with Gasteiger partial charge < -0.3 is 5.32 Å². The summed E-state index contributed by atoms with van der Waals surface area (Å²) >= 11 is 1.53. The minimum absolute atomic E-state index is 0.0210. The average molecular weight is 305 g/mol. The van der Waals surface area contributed by atoms with Gasteiger partial charge in [-0.25, -0.2) is 4.98 Å². The molecule has 5 heteroatoms. The number of nitrogens with one attached hydrogen (secondary N) is 1. The standard InChI is InChI=1S/C16H23N3OS/c1-4-8-19(9-5-2)11-15(20)18-16-17-13-7-6-12(3)10-14(13)21-16/h6-7,10H,4-5,8-9,11H2,1-3H3,(H,17,18,20). The van der Waals surface area contributed by atoms with E-state index in [9.17, 15) is 4.79 Å². The van der Waals surface area contributed by atoms with Crippen LogP contribution in [0.1, 0.15) is 32.3 Å². The lowest BCUT2D eigenvalue weighted by Gasteiger charge is -2.19. The molecule has 1 amide bonds. The number of thiazole rings is 1. The Labute approximate surface area is 130 Å². The summed E-state index contributed by atoms with van der Waals surface area (Å²) in [5.74, 6) is 0.0210. The first kappa shape index (κ1) is 15.9. The Morgan fingerprint density at radius 3 is 2.67 bits per heavy atom. The Hall–Kier alpha value is -1.46. The number of aryl methyl sites for hydroxylation is 1. The third-order valence-corrected chi connectivity index (χ3v) is 4.17. The van der Waals surface area contributed by atoms with E-state index in [2.05, 4.69) is 42.0 Å². The van der Waals surface area contributed by atoms with Gasteiger partial charge in [0.15, 0.2) is 5.13 Å². The minimum Gasteiger partial charge on any atom is -0.301 e. The topological polar surface area (TPSA) is 45.2 Å². The van der Waals surface area contributed by atoms with Crippen molar-refractivity contribution in [2.45, 2.75) is 33.6 Å². The van der Waals surface area contributed by atoms with Crippen LogP contribution in [0.5, 0.6) is 0 Å². The fourth-order valence-corrected chi connectivity index (χ4v) is 3.33. The molecule has 0 aliphatic carbocycles. The Balaban J connectivity index is 2.00. The van der Waals surface area contributed by atoms with Crippen LogP contribution in [-0.4, -0.2) is 35.4 Å². The van der Waals surface area contributed by atoms with Gasteiger partial charge in [0.05, 0.1) is 16.8 Å². The Morgan fingerprint density at radius 1 is 1.29 bits per heavy atom. The molecule has 0 saturated heterocycles. The third-order valence-electron chi connectivity index (χ3n) is 3.24. The summed E-state index contributed by atoms with van der Waals surface area (Å²) in [7, 11) is 0. The fourth-order valence-electron chi connectivity index (χ4n) is 2.35. The van der Waals surface area contributed by atoms with Crippen molar-refractivity contribution >= 4 is 32.6 Å². The average Bonchev–Trinajstić information content (AvgIpc) is 2.80. The van der Waals surface area contributed by atoms with Crippen LogP contribution in [0.2, 0.25) is 0 Å². The molecule has 0 fully saturated rings. The first-order valence-electron chi connectivity index (χ1n) is 7.51. The van der Waals surface area contributed by atoms with Crippen LogP contribution >= 0.6 is 11.3 Å². The van der Waals surface area contributed by atoms with E-state index in [1.54, 1.807) is 0 Å². The Morgan fingerprint density at radius 2 is 2.00 bits per heavy atom. The van der Waals surface area contributed by atoms with Crippen LogP contribution < -0.4 is 5.32 Å². The lowest BCUT2D eigenvalue weighted by molar-refractivity contribution is -0.117. The van der Waals surface area contributed by atoms with Crippen molar-refractivity contribution in [1.82, 2.24) is 9.88 Å². The predicted molar refractivity (Wildman–Crippen MR) is 90.0 cm³/mol. The van der Waals surface area contributed by atoms with Gasteiger partial charge >= 0.3 is 0 Å². The molecule has 1 aromatic heterocycles. The number of rotatable bonds is 7. The van der Waals surface area contributed by atoms with Gasteiger partial charge in [0.1, 0.15) is 0 Å². The largest absolute Gasteiger partial charge is 0.301 e. The molecular formula is C16H23N3OS. The van der Waals surface area contributed by atoms with Crippen LogP contribution in [0.4, 0.5) is 5.13 Å². The van der Waals surface area contributed by atoms with Crippen molar-refractivity contribution in [3.63, 3.8) is 0 Å². The van der Waals surface area contributed by atoms with E-state index in [-0.39, 0.29) is 5.91 Å². The minimum atomic E-state index is 0.0210. The number of aromatic nitrogens is 1. The molecule has 21 heavy (non-hydrogen) atoms. The van der Waals surface area contributed by atoms with E-state index in [0.29, 0.717) is 11.7 Å². The second-order valence-electron chi connectivity index (χ2n) is 5.31. The third kappa shape index (κ3) is 4.51. The van der Waals surface area contributed by atoms with Crippen molar-refractivity contribution in [2.24, 2.45) is 0 Å². The zero-order valence-electron chi connectivity index (χ0n) is 13.0. The molecule has 0 aliphatic rings. The number of hydrogen-bond donors (Lipinski definition) is 1. The smallest absolute Gasteiger partial charge is 0.240 e. The maximum Gasteiger partial charge on any atom is 0.240 e. The van der Waals surface area contributed by atoms with Gasteiger partial charge in [0.2, 0.25) is 5.91 Å². The first-order chi connectivity index (χ1) is 10.1. The second kappa shape index (κ2) is 7.52. The Kier molecular flexibility index (Phi) is 5.70. The van der Waals surface area contributed by atoms with Gasteiger partial charge in [-0.2, -0.15) is 0 Å². The normalized spacial score (nSPS) is 11.2. The number of amides is 1. The highest BCUT2D eigenvalue weighted by Crippen LogP contribution is 2.26. The van der Waals surface area contributed by atoms with E-state index >= 15 is 0 Å². The summed E-state index contributed by atoms with van der Waals surface area (Å²) in [5, 5.41) is 3.61. The van der Waals surface area contributed by atoms with Gasteiger partial charge in [0.25, 0.3) is 0 Å². The molecule has 0 saturated carbocycles. The van der Waals surface area contributed by atoms with Crippen molar-refractivity contribution in [3.05, 3.63) is 23.8 Å². The molecule has 4 nitrogen and oxygen atoms in total. The van der Waals surface area contributed by atoms with Gasteiger partial charge in [-0.1, -0.05) is 31.3 Å². The van der Waals surface area contributed by atoms with Crippen LogP contribution in [-0.2, 0) is 4.79 Å². The van der Waals surface area contributed by atoms with Crippen molar-refractivity contribution < 1.29 is 4.79 Å². The van der Waals surface area contributed by atoms with Crippen molar-refractivity contribution in [3.8, 4) is 0 Å². The van der Waals surface area contributed by atoms with Gasteiger partial charge in [0, 0.05) is 0 Å². The number of nitrogens with zero attached hydrogens (tertiary/aromatic N) is 2. The molecule has 0 radical (unpaired) electrons. The van der Waals surface area contributed by atoms with Crippen molar-refractivity contribution in [2.75, 3.05) is 25.0 Å². The number of hydrogen-bond acceptors (Lipinski definition) is 4. The van der Waals surface area contributed by atoms with E-state index < -0.39 is 0 Å². The van der Waals surface area contributed by atoms with Crippen LogP contribution in [0, 0.1) is 6.92 Å². The number of carbonyl (C=O) groups excluding carboxylic acids is 1. The second-order valence-corrected chi connectivity index (χ2v) is 6.35. The molecule has 0 atom stereocenters. The maximum absolute atomic E-state index is 12.1. The predicted octanol–water partition coefficient (Wildman–Crippen LogP) is 3.67. The summed E-state index contributed by atoms with van der Waals surface area (Å²) in [4.78, 5) is 18.8. The molecule has 114 valence electrons. The molecule has 1 N–H and O–H groups in total. The zero-order valence-corrected chi connectivity index (χ0v) is 13.8. The highest BCUT2D eigenvalue weighted by molar-refractivity contribution is 7.22. The monoisotopic (exact) mass is 305 g/mol. The molecule has 1 heterocycles. The molecule has 2 aromatic rings. The van der Waals surface area contributed by atoms with E-state index in [1.165, 1.54) is 16.9 Å². The maximum atomic E-state index is 12.1. The summed E-state index contributed by atoms with van der Waals surface area (Å²) in [6, 6.07) is 6.14. The van der Waals surface area contributed by atoms with E-state index in [4.69, 9.17) is 0 Å². The van der Waals surface area contributed by atoms with Gasteiger partial charge in [-0.05, 0) is 50.6 Å². The highest BCUT2D eigenvalue weighted by atomic mass is 32.1. The van der Waals surface area contributed by atoms with Gasteiger partial charge in [-0.15, -0.1) is 0 Å². The van der Waals surface area contributed by atoms with E-state index in [1.807, 2.05) is 12.1 Å². The van der Waals surface area contributed by atoms with Crippen LogP contribution in [0.3, 0.4) is 0 Å². The molecule has 0 spiro atoms. The molecule has 0 aliphatic heterocycles. The number of anilines is 1. The quantitative estimate of drug-likeness (QED) is 0.849. The summed E-state index contributed by atoms with van der Waals surface area (Å²) in [5.41, 5.74) is 2.15. The van der Waals surface area contributed by atoms with Crippen LogP contribution in [0.15, 0.2) is 18.2 Å². The van der Waals surface area contributed by atoms with Crippen LogP contribution in [0.25, 0.3) is 10.2 Å². The molecule has 2 rings (SSSR count). The lowest BCUT2D eigenvalue weighted by Crippen LogP contribution is -2.34. The molecule has 1 aromatic carbocycles. The van der Waals surface area contributed by atoms with Crippen molar-refractivity contribution in [1.29, 1.82) is 0 Å². The van der Waals surface area contributed by atoms with E-state index in [0.717, 1.165) is 36.1 Å².